The van der Waals surface area contributed by atoms with Crippen molar-refractivity contribution in [2.45, 2.75) is 25.8 Å². The Morgan fingerprint density at radius 2 is 1.86 bits per heavy atom. The normalized spacial score (nSPS) is 16.0. The maximum Gasteiger partial charge on any atom is 0.324 e. The Labute approximate surface area is 209 Å². The molecule has 0 aliphatic carbocycles. The zero-order valence-corrected chi connectivity index (χ0v) is 20.6. The Morgan fingerprint density at radius 1 is 1.00 bits per heavy atom. The molecule has 2 aliphatic rings. The van der Waals surface area contributed by atoms with E-state index in [1.165, 1.54) is 21.6 Å². The lowest BCUT2D eigenvalue weighted by molar-refractivity contribution is 0.207. The Bertz CT molecular complexity index is 1330. The summed E-state index contributed by atoms with van der Waals surface area (Å²) in [5, 5.41) is 5.36. The van der Waals surface area contributed by atoms with Crippen LogP contribution < -0.4 is 9.80 Å². The van der Waals surface area contributed by atoms with E-state index in [2.05, 4.69) is 52.5 Å². The molecule has 2 aromatic carbocycles. The number of aromatic nitrogens is 3. The van der Waals surface area contributed by atoms with Gasteiger partial charge < -0.3 is 9.80 Å². The third-order valence-corrected chi connectivity index (χ3v) is 7.90. The summed E-state index contributed by atoms with van der Waals surface area (Å²) in [6.45, 7) is 3.40. The van der Waals surface area contributed by atoms with Gasteiger partial charge in [-0.1, -0.05) is 18.2 Å². The number of hydrogen-bond acceptors (Lipinski definition) is 5. The fourth-order valence-electron chi connectivity index (χ4n) is 4.89. The monoisotopic (exact) mass is 484 g/mol. The second kappa shape index (κ2) is 9.19. The Morgan fingerprint density at radius 3 is 2.69 bits per heavy atom. The molecule has 2 aromatic heterocycles. The number of amides is 2. The number of urea groups is 1. The second-order valence-corrected chi connectivity index (χ2v) is 10.3. The molecule has 0 radical (unpaired) electrons. The van der Waals surface area contributed by atoms with Crippen molar-refractivity contribution in [1.29, 1.82) is 0 Å². The lowest BCUT2D eigenvalue weighted by atomic mass is 9.99. The van der Waals surface area contributed by atoms with Crippen molar-refractivity contribution in [1.82, 2.24) is 19.7 Å². The molecule has 178 valence electrons. The highest BCUT2D eigenvalue weighted by Crippen LogP contribution is 2.32. The van der Waals surface area contributed by atoms with Crippen LogP contribution in [0.5, 0.6) is 0 Å². The van der Waals surface area contributed by atoms with Crippen molar-refractivity contribution in [2.24, 2.45) is 0 Å². The third-order valence-electron chi connectivity index (χ3n) is 6.84. The van der Waals surface area contributed by atoms with Crippen LogP contribution in [0.1, 0.15) is 28.0 Å². The van der Waals surface area contributed by atoms with Gasteiger partial charge in [-0.3, -0.25) is 4.90 Å². The van der Waals surface area contributed by atoms with Gasteiger partial charge in [-0.2, -0.15) is 5.10 Å². The van der Waals surface area contributed by atoms with E-state index in [9.17, 15) is 4.79 Å². The summed E-state index contributed by atoms with van der Waals surface area (Å²) in [5.41, 5.74) is 5.99. The fraction of sp³-hybridized carbons (Fsp3) is 0.296. The number of anilines is 2. The fourth-order valence-corrected chi connectivity index (χ4v) is 5.86. The molecule has 0 atom stereocenters. The minimum Gasteiger partial charge on any atom is -0.343 e. The molecule has 0 unspecified atom stereocenters. The third kappa shape index (κ3) is 4.41. The standard InChI is InChI=1S/C27H28N6OS/c1-30-12-3-13-32(27(30)34)24-9-6-21-10-15-31(19-22(21)17-24)26-28-18-25(35-26)16-20-4-7-23(8-5-20)33-14-2-11-29-33/h2,4-9,11,14,17-18H,3,10,12-13,15-16,19H2,1H3. The first-order valence-corrected chi connectivity index (χ1v) is 12.9. The van der Waals surface area contributed by atoms with Gasteiger partial charge in [-0.05, 0) is 59.9 Å². The molecule has 8 heteroatoms. The molecule has 1 fully saturated rings. The Balaban J connectivity index is 1.15. The summed E-state index contributed by atoms with van der Waals surface area (Å²) in [4.78, 5) is 24.7. The van der Waals surface area contributed by atoms with Crippen molar-refractivity contribution in [2.75, 3.05) is 36.5 Å². The van der Waals surface area contributed by atoms with Crippen LogP contribution in [0.25, 0.3) is 5.69 Å². The number of carbonyl (C=O) groups is 1. The van der Waals surface area contributed by atoms with E-state index in [0.717, 1.165) is 61.9 Å². The average Bonchev–Trinajstić information content (AvgIpc) is 3.58. The van der Waals surface area contributed by atoms with Crippen LogP contribution in [-0.2, 0) is 19.4 Å². The zero-order chi connectivity index (χ0) is 23.8. The van der Waals surface area contributed by atoms with E-state index in [1.54, 1.807) is 22.4 Å². The van der Waals surface area contributed by atoms with E-state index in [1.807, 2.05) is 35.1 Å². The summed E-state index contributed by atoms with van der Waals surface area (Å²) in [6.07, 6.45) is 8.61. The first-order valence-electron chi connectivity index (χ1n) is 12.1. The number of nitrogens with zero attached hydrogens (tertiary/aromatic N) is 6. The molecule has 1 saturated heterocycles. The summed E-state index contributed by atoms with van der Waals surface area (Å²) in [6, 6.07) is 17.1. The van der Waals surface area contributed by atoms with Gasteiger partial charge in [0.2, 0.25) is 0 Å². The van der Waals surface area contributed by atoms with Gasteiger partial charge in [0.05, 0.1) is 5.69 Å². The predicted octanol–water partition coefficient (Wildman–Crippen LogP) is 4.74. The smallest absolute Gasteiger partial charge is 0.324 e. The summed E-state index contributed by atoms with van der Waals surface area (Å²) in [7, 11) is 1.88. The number of rotatable bonds is 5. The van der Waals surface area contributed by atoms with Crippen LogP contribution in [0, 0.1) is 0 Å². The molecule has 0 spiro atoms. The summed E-state index contributed by atoms with van der Waals surface area (Å²) >= 11 is 1.77. The SMILES string of the molecule is CN1CCCN(c2ccc3c(c2)CN(c2ncc(Cc4ccc(-n5cccn5)cc4)s2)CC3)C1=O. The van der Waals surface area contributed by atoms with Crippen molar-refractivity contribution in [3.63, 3.8) is 0 Å². The number of hydrogen-bond donors (Lipinski definition) is 0. The van der Waals surface area contributed by atoms with Gasteiger partial charge in [0.15, 0.2) is 5.13 Å². The summed E-state index contributed by atoms with van der Waals surface area (Å²) in [5.74, 6) is 0. The average molecular weight is 485 g/mol. The topological polar surface area (TPSA) is 57.5 Å². The van der Waals surface area contributed by atoms with E-state index >= 15 is 0 Å². The minimum absolute atomic E-state index is 0.0890. The number of fused-ring (bicyclic) bond motifs is 1. The lowest BCUT2D eigenvalue weighted by Gasteiger charge is -2.34. The van der Waals surface area contributed by atoms with Crippen LogP contribution in [0.3, 0.4) is 0 Å². The minimum atomic E-state index is 0.0890. The van der Waals surface area contributed by atoms with E-state index in [0.29, 0.717) is 0 Å². The zero-order valence-electron chi connectivity index (χ0n) is 19.8. The molecule has 35 heavy (non-hydrogen) atoms. The quantitative estimate of drug-likeness (QED) is 0.410. The molecule has 7 nitrogen and oxygen atoms in total. The molecule has 2 aliphatic heterocycles. The first kappa shape index (κ1) is 21.9. The van der Waals surface area contributed by atoms with E-state index in [-0.39, 0.29) is 6.03 Å². The maximum atomic E-state index is 12.6. The van der Waals surface area contributed by atoms with Crippen LogP contribution in [0.15, 0.2) is 67.1 Å². The van der Waals surface area contributed by atoms with Gasteiger partial charge in [0.1, 0.15) is 0 Å². The van der Waals surface area contributed by atoms with Crippen molar-refractivity contribution >= 4 is 28.2 Å². The highest BCUT2D eigenvalue weighted by molar-refractivity contribution is 7.15. The van der Waals surface area contributed by atoms with Crippen molar-refractivity contribution in [3.05, 3.63) is 88.7 Å². The highest BCUT2D eigenvalue weighted by Gasteiger charge is 2.26. The molecule has 0 bridgehead atoms. The van der Waals surface area contributed by atoms with E-state index < -0.39 is 0 Å². The van der Waals surface area contributed by atoms with Crippen LogP contribution in [0.2, 0.25) is 0 Å². The maximum absolute atomic E-state index is 12.6. The second-order valence-electron chi connectivity index (χ2n) is 9.24. The molecule has 6 rings (SSSR count). The van der Waals surface area contributed by atoms with Gasteiger partial charge in [-0.15, -0.1) is 11.3 Å². The van der Waals surface area contributed by atoms with Gasteiger partial charge in [0.25, 0.3) is 0 Å². The summed E-state index contributed by atoms with van der Waals surface area (Å²) < 4.78 is 1.87. The van der Waals surface area contributed by atoms with Crippen LogP contribution >= 0.6 is 11.3 Å². The molecule has 0 N–H and O–H groups in total. The lowest BCUT2D eigenvalue weighted by Crippen LogP contribution is -2.47. The van der Waals surface area contributed by atoms with Gasteiger partial charge in [0, 0.05) is 68.8 Å². The molecule has 2 amide bonds. The molecular formula is C27H28N6OS. The number of benzene rings is 2. The Kier molecular flexibility index (Phi) is 5.74. The molecule has 4 heterocycles. The predicted molar refractivity (Wildman–Crippen MR) is 140 cm³/mol. The Hall–Kier alpha value is -3.65. The van der Waals surface area contributed by atoms with Gasteiger partial charge in [-0.25, -0.2) is 14.5 Å². The molecule has 4 aromatic rings. The largest absolute Gasteiger partial charge is 0.343 e. The van der Waals surface area contributed by atoms with Crippen molar-refractivity contribution < 1.29 is 4.79 Å². The number of carbonyl (C=O) groups excluding carboxylic acids is 1. The first-order chi connectivity index (χ1) is 17.1. The van der Waals surface area contributed by atoms with Gasteiger partial charge >= 0.3 is 6.03 Å². The van der Waals surface area contributed by atoms with Crippen molar-refractivity contribution in [3.8, 4) is 5.69 Å². The highest BCUT2D eigenvalue weighted by atomic mass is 32.1. The van der Waals surface area contributed by atoms with Crippen LogP contribution in [0.4, 0.5) is 15.6 Å². The molecule has 0 saturated carbocycles. The van der Waals surface area contributed by atoms with E-state index in [4.69, 9.17) is 4.98 Å². The molecular weight excluding hydrogens is 456 g/mol. The van der Waals surface area contributed by atoms with Crippen LogP contribution in [-0.4, -0.2) is 52.4 Å². The number of thiazole rings is 1.